The number of furan rings is 1. The van der Waals surface area contributed by atoms with Crippen LogP contribution in [-0.4, -0.2) is 10.7 Å². The second kappa shape index (κ2) is 7.37. The predicted molar refractivity (Wildman–Crippen MR) is 122 cm³/mol. The molecular weight excluding hydrogens is 406 g/mol. The highest BCUT2D eigenvalue weighted by Crippen LogP contribution is 2.46. The lowest BCUT2D eigenvalue weighted by atomic mass is 9.74. The van der Waals surface area contributed by atoms with E-state index in [-0.39, 0.29) is 16.9 Å². The molecule has 0 saturated carbocycles. The van der Waals surface area contributed by atoms with Crippen LogP contribution in [0.25, 0.3) is 11.3 Å². The molecule has 0 bridgehead atoms. The number of carbonyl (C=O) groups excluding carboxylic acids is 1. The number of rotatable bonds is 3. The number of ketones is 1. The van der Waals surface area contributed by atoms with Gasteiger partial charge in [-0.05, 0) is 48.2 Å². The molecule has 0 unspecified atom stereocenters. The number of Topliss-reactive ketones (excluding diaryl/α,β-unsaturated/α-hetero) is 1. The fraction of sp³-hybridized carbons (Fsp3) is 0.240. The molecule has 0 spiro atoms. The summed E-state index contributed by atoms with van der Waals surface area (Å²) in [5.74, 6) is 1.31. The van der Waals surface area contributed by atoms with Crippen molar-refractivity contribution < 1.29 is 14.1 Å². The van der Waals surface area contributed by atoms with E-state index in [4.69, 9.17) is 4.42 Å². The van der Waals surface area contributed by atoms with Crippen molar-refractivity contribution >= 4 is 22.8 Å². The van der Waals surface area contributed by atoms with Crippen molar-refractivity contribution in [3.05, 3.63) is 87.8 Å². The molecule has 2 aromatic carbocycles. The molecule has 1 aliphatic carbocycles. The number of benzene rings is 2. The van der Waals surface area contributed by atoms with E-state index in [1.165, 1.54) is 12.1 Å². The maximum Gasteiger partial charge on any atom is 0.269 e. The molecule has 2 heterocycles. The summed E-state index contributed by atoms with van der Waals surface area (Å²) < 4.78 is 6.18. The first-order chi connectivity index (χ1) is 15.3. The summed E-state index contributed by atoms with van der Waals surface area (Å²) in [6.45, 7) is 4.21. The third kappa shape index (κ3) is 3.56. The molecule has 162 valence electrons. The normalized spacial score (nSPS) is 19.3. The first kappa shape index (κ1) is 20.1. The number of nitrogens with zero attached hydrogens (tertiary/aromatic N) is 1. The number of hydrogen-bond acceptors (Lipinski definition) is 6. The molecule has 1 aromatic heterocycles. The van der Waals surface area contributed by atoms with Crippen molar-refractivity contribution in [2.45, 2.75) is 32.7 Å². The van der Waals surface area contributed by atoms with E-state index in [0.717, 1.165) is 29.1 Å². The van der Waals surface area contributed by atoms with Crippen molar-refractivity contribution in [2.75, 3.05) is 10.6 Å². The van der Waals surface area contributed by atoms with Crippen molar-refractivity contribution in [2.24, 2.45) is 5.41 Å². The standard InChI is InChI=1S/C25H23N3O4/c1-25(2)13-19-23(20(29)14-25)24(27-18-6-4-3-5-17(18)26-19)22-12-11-21(32-22)15-7-9-16(10-8-15)28(30)31/h3-12,24,26-27H,13-14H2,1-2H3/t24-/m1/s1. The topological polar surface area (TPSA) is 97.4 Å². The Morgan fingerprint density at radius 1 is 1.00 bits per heavy atom. The average Bonchev–Trinajstić information content (AvgIpc) is 3.17. The quantitative estimate of drug-likeness (QED) is 0.387. The van der Waals surface area contributed by atoms with Crippen LogP contribution in [0.4, 0.5) is 17.1 Å². The lowest BCUT2D eigenvalue weighted by Crippen LogP contribution is -2.31. The second-order valence-corrected chi connectivity index (χ2v) is 9.09. The number of nitrogens with one attached hydrogen (secondary N) is 2. The van der Waals surface area contributed by atoms with Gasteiger partial charge in [0, 0.05) is 35.4 Å². The number of nitro benzene ring substituents is 1. The van der Waals surface area contributed by atoms with E-state index in [0.29, 0.717) is 23.5 Å². The van der Waals surface area contributed by atoms with Gasteiger partial charge >= 0.3 is 0 Å². The van der Waals surface area contributed by atoms with E-state index < -0.39 is 11.0 Å². The molecule has 5 rings (SSSR count). The summed E-state index contributed by atoms with van der Waals surface area (Å²) in [4.78, 5) is 23.8. The van der Waals surface area contributed by atoms with Crippen molar-refractivity contribution in [3.63, 3.8) is 0 Å². The summed E-state index contributed by atoms with van der Waals surface area (Å²) in [6, 6.07) is 17.4. The molecule has 3 aromatic rings. The Morgan fingerprint density at radius 2 is 1.72 bits per heavy atom. The number of nitro groups is 1. The molecule has 0 radical (unpaired) electrons. The Kier molecular flexibility index (Phi) is 4.62. The lowest BCUT2D eigenvalue weighted by molar-refractivity contribution is -0.384. The highest BCUT2D eigenvalue weighted by molar-refractivity contribution is 6.01. The maximum atomic E-state index is 13.3. The largest absolute Gasteiger partial charge is 0.459 e. The Labute approximate surface area is 185 Å². The van der Waals surface area contributed by atoms with Gasteiger partial charge in [-0.3, -0.25) is 14.9 Å². The van der Waals surface area contributed by atoms with E-state index in [1.54, 1.807) is 12.1 Å². The summed E-state index contributed by atoms with van der Waals surface area (Å²) in [6.07, 6.45) is 1.23. The van der Waals surface area contributed by atoms with Gasteiger partial charge in [0.25, 0.3) is 5.69 Å². The molecule has 1 aliphatic heterocycles. The maximum absolute atomic E-state index is 13.3. The van der Waals surface area contributed by atoms with Crippen LogP contribution in [0.15, 0.2) is 76.4 Å². The number of allylic oxidation sites excluding steroid dienone is 1. The van der Waals surface area contributed by atoms with Gasteiger partial charge in [0.1, 0.15) is 17.6 Å². The van der Waals surface area contributed by atoms with Crippen LogP contribution in [0, 0.1) is 15.5 Å². The molecule has 0 amide bonds. The number of anilines is 2. The van der Waals surface area contributed by atoms with Crippen LogP contribution < -0.4 is 10.6 Å². The Morgan fingerprint density at radius 3 is 2.44 bits per heavy atom. The van der Waals surface area contributed by atoms with Gasteiger partial charge in [0.2, 0.25) is 0 Å². The van der Waals surface area contributed by atoms with Gasteiger partial charge in [0.15, 0.2) is 5.78 Å². The van der Waals surface area contributed by atoms with Crippen LogP contribution in [0.5, 0.6) is 0 Å². The van der Waals surface area contributed by atoms with Gasteiger partial charge in [-0.2, -0.15) is 0 Å². The molecule has 2 N–H and O–H groups in total. The van der Waals surface area contributed by atoms with Gasteiger partial charge in [-0.15, -0.1) is 0 Å². The summed E-state index contributed by atoms with van der Waals surface area (Å²) in [7, 11) is 0. The first-order valence-electron chi connectivity index (χ1n) is 10.5. The van der Waals surface area contributed by atoms with Gasteiger partial charge in [-0.25, -0.2) is 0 Å². The SMILES string of the molecule is CC1(C)CC(=O)C2=C(C1)Nc1ccccc1N[C@@H]2c1ccc(-c2ccc([N+](=O)[O-])cc2)o1. The van der Waals surface area contributed by atoms with Crippen LogP contribution in [-0.2, 0) is 4.79 Å². The first-order valence-corrected chi connectivity index (χ1v) is 10.5. The summed E-state index contributed by atoms with van der Waals surface area (Å²) in [5, 5.41) is 17.9. The molecule has 0 fully saturated rings. The van der Waals surface area contributed by atoms with Gasteiger partial charge in [-0.1, -0.05) is 26.0 Å². The van der Waals surface area contributed by atoms with E-state index >= 15 is 0 Å². The fourth-order valence-electron chi connectivity index (χ4n) is 4.51. The van der Waals surface area contributed by atoms with Crippen molar-refractivity contribution in [3.8, 4) is 11.3 Å². The highest BCUT2D eigenvalue weighted by atomic mass is 16.6. The van der Waals surface area contributed by atoms with E-state index in [2.05, 4.69) is 24.5 Å². The minimum atomic E-state index is -0.434. The van der Waals surface area contributed by atoms with Crippen LogP contribution >= 0.6 is 0 Å². The second-order valence-electron chi connectivity index (χ2n) is 9.09. The Bertz CT molecular complexity index is 1250. The van der Waals surface area contributed by atoms with Crippen molar-refractivity contribution in [1.29, 1.82) is 0 Å². The average molecular weight is 429 g/mol. The third-order valence-electron chi connectivity index (χ3n) is 6.00. The molecular formula is C25H23N3O4. The van der Waals surface area contributed by atoms with E-state index in [9.17, 15) is 14.9 Å². The van der Waals surface area contributed by atoms with Crippen LogP contribution in [0.2, 0.25) is 0 Å². The number of non-ortho nitro benzene ring substituents is 1. The molecule has 1 atom stereocenters. The van der Waals surface area contributed by atoms with Crippen LogP contribution in [0.1, 0.15) is 38.5 Å². The third-order valence-corrected chi connectivity index (χ3v) is 6.00. The summed E-state index contributed by atoms with van der Waals surface area (Å²) in [5.41, 5.74) is 4.08. The smallest absolute Gasteiger partial charge is 0.269 e. The van der Waals surface area contributed by atoms with Crippen LogP contribution in [0.3, 0.4) is 0 Å². The number of fused-ring (bicyclic) bond motifs is 1. The Hall–Kier alpha value is -3.87. The zero-order valence-corrected chi connectivity index (χ0v) is 17.8. The van der Waals surface area contributed by atoms with Crippen molar-refractivity contribution in [1.82, 2.24) is 0 Å². The number of carbonyl (C=O) groups is 1. The zero-order chi connectivity index (χ0) is 22.5. The monoisotopic (exact) mass is 429 g/mol. The highest BCUT2D eigenvalue weighted by Gasteiger charge is 2.39. The van der Waals surface area contributed by atoms with E-state index in [1.807, 2.05) is 36.4 Å². The molecule has 0 saturated heterocycles. The lowest BCUT2D eigenvalue weighted by Gasteiger charge is -2.33. The van der Waals surface area contributed by atoms with Gasteiger partial charge in [0.05, 0.1) is 16.3 Å². The zero-order valence-electron chi connectivity index (χ0n) is 17.8. The minimum Gasteiger partial charge on any atom is -0.459 e. The molecule has 2 aliphatic rings. The molecule has 7 heteroatoms. The predicted octanol–water partition coefficient (Wildman–Crippen LogP) is 6.08. The minimum absolute atomic E-state index is 0.0267. The molecule has 7 nitrogen and oxygen atoms in total. The molecule has 32 heavy (non-hydrogen) atoms. The Balaban J connectivity index is 1.57. The number of hydrogen-bond donors (Lipinski definition) is 2. The van der Waals surface area contributed by atoms with Gasteiger partial charge < -0.3 is 15.1 Å². The summed E-state index contributed by atoms with van der Waals surface area (Å²) >= 11 is 0. The fourth-order valence-corrected chi connectivity index (χ4v) is 4.51. The number of para-hydroxylation sites is 2.